The van der Waals surface area contributed by atoms with Crippen LogP contribution in [0.5, 0.6) is 0 Å². The van der Waals surface area contributed by atoms with E-state index in [-0.39, 0.29) is 11.3 Å². The van der Waals surface area contributed by atoms with Gasteiger partial charge in [0.15, 0.2) is 0 Å². The SMILES string of the molecule is CC(C)(C)C1C=CC(C(=O)O)CC1. The summed E-state index contributed by atoms with van der Waals surface area (Å²) in [5.41, 5.74) is 0.264. The van der Waals surface area contributed by atoms with Gasteiger partial charge in [0, 0.05) is 0 Å². The summed E-state index contributed by atoms with van der Waals surface area (Å²) in [6.45, 7) is 6.59. The van der Waals surface area contributed by atoms with Gasteiger partial charge in [0.2, 0.25) is 0 Å². The van der Waals surface area contributed by atoms with Crippen LogP contribution in [0.2, 0.25) is 0 Å². The van der Waals surface area contributed by atoms with Crippen LogP contribution in [0.25, 0.3) is 0 Å². The van der Waals surface area contributed by atoms with Crippen molar-refractivity contribution in [1.82, 2.24) is 0 Å². The molecule has 0 aromatic rings. The number of rotatable bonds is 1. The van der Waals surface area contributed by atoms with Gasteiger partial charge in [-0.05, 0) is 24.2 Å². The molecule has 2 unspecified atom stereocenters. The number of aliphatic carboxylic acids is 1. The monoisotopic (exact) mass is 182 g/mol. The van der Waals surface area contributed by atoms with Gasteiger partial charge in [-0.3, -0.25) is 4.79 Å². The van der Waals surface area contributed by atoms with E-state index in [4.69, 9.17) is 5.11 Å². The van der Waals surface area contributed by atoms with E-state index in [2.05, 4.69) is 26.8 Å². The molecule has 2 nitrogen and oxygen atoms in total. The molecule has 1 aliphatic rings. The summed E-state index contributed by atoms with van der Waals surface area (Å²) in [6, 6.07) is 0. The Hall–Kier alpha value is -0.790. The van der Waals surface area contributed by atoms with Crippen molar-refractivity contribution < 1.29 is 9.90 Å². The van der Waals surface area contributed by atoms with Crippen LogP contribution in [-0.2, 0) is 4.79 Å². The van der Waals surface area contributed by atoms with E-state index in [1.165, 1.54) is 0 Å². The molecule has 1 N–H and O–H groups in total. The maximum Gasteiger partial charge on any atom is 0.310 e. The molecule has 13 heavy (non-hydrogen) atoms. The number of hydrogen-bond acceptors (Lipinski definition) is 1. The Balaban J connectivity index is 2.62. The normalized spacial score (nSPS) is 28.8. The number of allylic oxidation sites excluding steroid dienone is 1. The highest BCUT2D eigenvalue weighted by Crippen LogP contribution is 2.35. The van der Waals surface area contributed by atoms with Crippen molar-refractivity contribution in [3.63, 3.8) is 0 Å². The molecule has 0 spiro atoms. The van der Waals surface area contributed by atoms with E-state index in [1.54, 1.807) is 0 Å². The third-order valence-corrected chi connectivity index (χ3v) is 2.79. The average Bonchev–Trinajstić information content (AvgIpc) is 2.03. The highest BCUT2D eigenvalue weighted by atomic mass is 16.4. The molecule has 0 saturated carbocycles. The summed E-state index contributed by atoms with van der Waals surface area (Å²) >= 11 is 0. The minimum atomic E-state index is -0.691. The number of hydrogen-bond donors (Lipinski definition) is 1. The summed E-state index contributed by atoms with van der Waals surface area (Å²) in [6.07, 6.45) is 5.70. The van der Waals surface area contributed by atoms with Crippen LogP contribution in [0.3, 0.4) is 0 Å². The van der Waals surface area contributed by atoms with Crippen molar-refractivity contribution >= 4 is 5.97 Å². The third-order valence-electron chi connectivity index (χ3n) is 2.79. The molecule has 0 heterocycles. The zero-order valence-electron chi connectivity index (χ0n) is 8.58. The summed E-state index contributed by atoms with van der Waals surface area (Å²) in [4.78, 5) is 10.7. The Kier molecular flexibility index (Phi) is 2.79. The van der Waals surface area contributed by atoms with Gasteiger partial charge < -0.3 is 5.11 Å². The van der Waals surface area contributed by atoms with Crippen molar-refractivity contribution in [2.45, 2.75) is 33.6 Å². The first-order valence-corrected chi connectivity index (χ1v) is 4.82. The molecule has 0 amide bonds. The lowest BCUT2D eigenvalue weighted by Gasteiger charge is -2.31. The molecule has 74 valence electrons. The molecule has 2 atom stereocenters. The summed E-state index contributed by atoms with van der Waals surface area (Å²) in [5, 5.41) is 8.78. The fourth-order valence-electron chi connectivity index (χ4n) is 1.75. The lowest BCUT2D eigenvalue weighted by molar-refractivity contribution is -0.140. The topological polar surface area (TPSA) is 37.3 Å². The van der Waals surface area contributed by atoms with Gasteiger partial charge in [-0.1, -0.05) is 32.9 Å². The van der Waals surface area contributed by atoms with Crippen molar-refractivity contribution in [2.75, 3.05) is 0 Å². The van der Waals surface area contributed by atoms with Gasteiger partial charge in [0.25, 0.3) is 0 Å². The first kappa shape index (κ1) is 10.3. The predicted octanol–water partition coefficient (Wildman–Crippen LogP) is 2.70. The lowest BCUT2D eigenvalue weighted by atomic mass is 9.74. The Morgan fingerprint density at radius 2 is 1.92 bits per heavy atom. The molecule has 0 bridgehead atoms. The number of carboxylic acids is 1. The second-order valence-electron chi connectivity index (χ2n) is 4.88. The second-order valence-corrected chi connectivity index (χ2v) is 4.88. The lowest BCUT2D eigenvalue weighted by Crippen LogP contribution is -2.24. The van der Waals surface area contributed by atoms with Gasteiger partial charge in [-0.2, -0.15) is 0 Å². The van der Waals surface area contributed by atoms with Crippen molar-refractivity contribution in [2.24, 2.45) is 17.3 Å². The highest BCUT2D eigenvalue weighted by molar-refractivity contribution is 5.72. The van der Waals surface area contributed by atoms with Crippen LogP contribution >= 0.6 is 0 Å². The Morgan fingerprint density at radius 1 is 1.31 bits per heavy atom. The number of carboxylic acid groups (broad SMARTS) is 1. The standard InChI is InChI=1S/C11H18O2/c1-11(2,3)9-6-4-8(5-7-9)10(12)13/h4,6,8-9H,5,7H2,1-3H3,(H,12,13). The van der Waals surface area contributed by atoms with Crippen LogP contribution in [0.1, 0.15) is 33.6 Å². The van der Waals surface area contributed by atoms with Gasteiger partial charge >= 0.3 is 5.97 Å². The molecule has 0 aromatic heterocycles. The largest absolute Gasteiger partial charge is 0.481 e. The molecule has 0 aromatic carbocycles. The summed E-state index contributed by atoms with van der Waals surface area (Å²) in [5.74, 6) is -0.412. The van der Waals surface area contributed by atoms with Crippen LogP contribution < -0.4 is 0 Å². The molecule has 0 fully saturated rings. The minimum Gasteiger partial charge on any atom is -0.481 e. The summed E-state index contributed by atoms with van der Waals surface area (Å²) < 4.78 is 0. The van der Waals surface area contributed by atoms with Gasteiger partial charge in [-0.15, -0.1) is 0 Å². The molecule has 1 rings (SSSR count). The second kappa shape index (κ2) is 3.52. The van der Waals surface area contributed by atoms with E-state index < -0.39 is 5.97 Å². The Labute approximate surface area is 79.6 Å². The van der Waals surface area contributed by atoms with Crippen molar-refractivity contribution in [3.05, 3.63) is 12.2 Å². The molecule has 0 aliphatic heterocycles. The average molecular weight is 182 g/mol. The zero-order chi connectivity index (χ0) is 10.1. The molecule has 0 saturated heterocycles. The van der Waals surface area contributed by atoms with Crippen LogP contribution in [-0.4, -0.2) is 11.1 Å². The first-order valence-electron chi connectivity index (χ1n) is 4.82. The predicted molar refractivity (Wildman–Crippen MR) is 52.4 cm³/mol. The van der Waals surface area contributed by atoms with Crippen LogP contribution in [0.4, 0.5) is 0 Å². The molecular weight excluding hydrogens is 164 g/mol. The van der Waals surface area contributed by atoms with E-state index in [0.29, 0.717) is 5.92 Å². The Morgan fingerprint density at radius 3 is 2.23 bits per heavy atom. The molecular formula is C11H18O2. The summed E-state index contributed by atoms with van der Waals surface area (Å²) in [7, 11) is 0. The fraction of sp³-hybridized carbons (Fsp3) is 0.727. The minimum absolute atomic E-state index is 0.251. The fourth-order valence-corrected chi connectivity index (χ4v) is 1.75. The van der Waals surface area contributed by atoms with Gasteiger partial charge in [-0.25, -0.2) is 0 Å². The van der Waals surface area contributed by atoms with Gasteiger partial charge in [0.05, 0.1) is 5.92 Å². The van der Waals surface area contributed by atoms with Crippen LogP contribution in [0, 0.1) is 17.3 Å². The Bertz CT molecular complexity index is 223. The first-order chi connectivity index (χ1) is 5.91. The van der Waals surface area contributed by atoms with E-state index in [1.807, 2.05) is 6.08 Å². The maximum absolute atomic E-state index is 10.7. The third kappa shape index (κ3) is 2.58. The maximum atomic E-state index is 10.7. The molecule has 2 heteroatoms. The smallest absolute Gasteiger partial charge is 0.310 e. The van der Waals surface area contributed by atoms with E-state index >= 15 is 0 Å². The van der Waals surface area contributed by atoms with E-state index in [9.17, 15) is 4.79 Å². The van der Waals surface area contributed by atoms with Crippen LogP contribution in [0.15, 0.2) is 12.2 Å². The van der Waals surface area contributed by atoms with Crippen molar-refractivity contribution in [1.29, 1.82) is 0 Å². The zero-order valence-corrected chi connectivity index (χ0v) is 8.58. The quantitative estimate of drug-likeness (QED) is 0.633. The van der Waals surface area contributed by atoms with E-state index in [0.717, 1.165) is 12.8 Å². The van der Waals surface area contributed by atoms with Gasteiger partial charge in [0.1, 0.15) is 0 Å². The molecule has 0 radical (unpaired) electrons. The molecule has 1 aliphatic carbocycles. The highest BCUT2D eigenvalue weighted by Gasteiger charge is 2.27. The van der Waals surface area contributed by atoms with Crippen molar-refractivity contribution in [3.8, 4) is 0 Å². The number of carbonyl (C=O) groups is 1.